The zero-order chi connectivity index (χ0) is 31.9. The van der Waals surface area contributed by atoms with Crippen LogP contribution in [0.5, 0.6) is 11.5 Å². The van der Waals surface area contributed by atoms with Gasteiger partial charge < -0.3 is 28.9 Å². The van der Waals surface area contributed by atoms with Gasteiger partial charge in [-0.2, -0.15) is 0 Å². The highest BCUT2D eigenvalue weighted by Crippen LogP contribution is 2.63. The number of aliphatic carboxylic acids is 1. The second-order valence-corrected chi connectivity index (χ2v) is 15.3. The van der Waals surface area contributed by atoms with Gasteiger partial charge in [0.1, 0.15) is 11.2 Å². The lowest BCUT2D eigenvalue weighted by Gasteiger charge is -2.45. The number of unbranched alkanes of at least 4 members (excludes halogenated alkanes) is 1. The molecule has 1 aliphatic heterocycles. The van der Waals surface area contributed by atoms with Crippen LogP contribution in [0.1, 0.15) is 73.3 Å². The number of phenolic OH excluding ortho intramolecular Hbond substituents is 1. The predicted octanol–water partition coefficient (Wildman–Crippen LogP) is 5.70. The fourth-order valence-electron chi connectivity index (χ4n) is 4.80. The van der Waals surface area contributed by atoms with E-state index in [1.807, 2.05) is 4.90 Å². The van der Waals surface area contributed by atoms with Gasteiger partial charge in [-0.25, -0.2) is 14.5 Å². The molecule has 0 aliphatic carbocycles. The van der Waals surface area contributed by atoms with Gasteiger partial charge in [-0.05, 0) is 85.4 Å². The summed E-state index contributed by atoms with van der Waals surface area (Å²) in [5, 5.41) is 18.7. The van der Waals surface area contributed by atoms with Crippen molar-refractivity contribution in [3.63, 3.8) is 0 Å². The number of carboxylic acid groups (broad SMARTS) is 1. The van der Waals surface area contributed by atoms with Gasteiger partial charge in [0.2, 0.25) is 7.37 Å². The molecular formula is C29H47N2O10P. The van der Waals surface area contributed by atoms with Crippen LogP contribution in [0.4, 0.5) is 9.59 Å². The molecule has 42 heavy (non-hydrogen) atoms. The summed E-state index contributed by atoms with van der Waals surface area (Å²) in [4.78, 5) is 41.3. The van der Waals surface area contributed by atoms with Crippen LogP contribution in [0, 0.1) is 0 Å². The van der Waals surface area contributed by atoms with E-state index in [4.69, 9.17) is 18.7 Å². The highest BCUT2D eigenvalue weighted by molar-refractivity contribution is 7.62. The van der Waals surface area contributed by atoms with Crippen molar-refractivity contribution in [2.75, 3.05) is 39.5 Å². The molecule has 0 bridgehead atoms. The third-order valence-corrected chi connectivity index (χ3v) is 10.0. The van der Waals surface area contributed by atoms with Crippen LogP contribution in [0.3, 0.4) is 0 Å². The van der Waals surface area contributed by atoms with E-state index in [-0.39, 0.29) is 50.9 Å². The van der Waals surface area contributed by atoms with E-state index in [1.54, 1.807) is 60.6 Å². The molecule has 1 aliphatic rings. The van der Waals surface area contributed by atoms with Crippen molar-refractivity contribution in [2.45, 2.75) is 90.6 Å². The van der Waals surface area contributed by atoms with Gasteiger partial charge >= 0.3 is 18.2 Å². The number of imide groups is 1. The summed E-state index contributed by atoms with van der Waals surface area (Å²) in [6, 6.07) is 4.91. The normalized spacial score (nSPS) is 21.4. The second kappa shape index (κ2) is 14.1. The Kier molecular flexibility index (Phi) is 11.9. The minimum absolute atomic E-state index is 0.00544. The van der Waals surface area contributed by atoms with Gasteiger partial charge in [0.05, 0.1) is 13.7 Å². The summed E-state index contributed by atoms with van der Waals surface area (Å²) in [6.45, 7) is 12.5. The number of benzene rings is 1. The van der Waals surface area contributed by atoms with Gasteiger partial charge in [0.15, 0.2) is 16.7 Å². The van der Waals surface area contributed by atoms with Crippen molar-refractivity contribution < 1.29 is 47.9 Å². The summed E-state index contributed by atoms with van der Waals surface area (Å²) in [5.74, 6) is -0.927. The fraction of sp³-hybridized carbons (Fsp3) is 0.690. The van der Waals surface area contributed by atoms with Crippen LogP contribution in [0.2, 0.25) is 0 Å². The lowest BCUT2D eigenvalue weighted by atomic mass is 9.99. The van der Waals surface area contributed by atoms with E-state index in [2.05, 4.69) is 0 Å². The number of aromatic hydroxyl groups is 1. The number of phenols is 1. The maximum atomic E-state index is 14.1. The molecule has 2 rings (SSSR count). The van der Waals surface area contributed by atoms with E-state index < -0.39 is 41.9 Å². The van der Waals surface area contributed by atoms with Crippen LogP contribution < -0.4 is 4.74 Å². The Morgan fingerprint density at radius 2 is 1.64 bits per heavy atom. The van der Waals surface area contributed by atoms with Crippen LogP contribution >= 0.6 is 7.37 Å². The second-order valence-electron chi connectivity index (χ2n) is 12.4. The Morgan fingerprint density at radius 1 is 1.05 bits per heavy atom. The number of hydrogen-bond donors (Lipinski definition) is 2. The number of carbonyl (C=O) groups excluding carboxylic acids is 2. The molecule has 1 aromatic rings. The zero-order valence-electron chi connectivity index (χ0n) is 26.1. The first-order valence-electron chi connectivity index (χ1n) is 14.2. The maximum Gasteiger partial charge on any atom is 0.419 e. The minimum Gasteiger partial charge on any atom is -0.504 e. The van der Waals surface area contributed by atoms with Crippen molar-refractivity contribution in [1.82, 2.24) is 9.80 Å². The van der Waals surface area contributed by atoms with Crippen LogP contribution in [-0.2, 0) is 29.9 Å². The number of amides is 2. The van der Waals surface area contributed by atoms with Crippen molar-refractivity contribution in [3.05, 3.63) is 23.8 Å². The van der Waals surface area contributed by atoms with E-state index >= 15 is 0 Å². The molecule has 0 aromatic heterocycles. The van der Waals surface area contributed by atoms with Crippen LogP contribution in [0.25, 0.3) is 0 Å². The average Bonchev–Trinajstić information content (AvgIpc) is 2.84. The predicted molar refractivity (Wildman–Crippen MR) is 157 cm³/mol. The highest BCUT2D eigenvalue weighted by Gasteiger charge is 2.58. The molecule has 2 N–H and O–H groups in total. The van der Waals surface area contributed by atoms with Crippen LogP contribution in [0.15, 0.2) is 18.2 Å². The van der Waals surface area contributed by atoms with Gasteiger partial charge in [-0.1, -0.05) is 6.07 Å². The van der Waals surface area contributed by atoms with E-state index in [9.17, 15) is 29.2 Å². The molecule has 12 nitrogen and oxygen atoms in total. The average molecular weight is 615 g/mol. The summed E-state index contributed by atoms with van der Waals surface area (Å²) >= 11 is 0. The molecule has 2 amide bonds. The van der Waals surface area contributed by atoms with Crippen LogP contribution in [-0.4, -0.2) is 94.0 Å². The molecule has 2 unspecified atom stereocenters. The number of rotatable bonds is 11. The van der Waals surface area contributed by atoms with Crippen molar-refractivity contribution in [1.29, 1.82) is 0 Å². The van der Waals surface area contributed by atoms with E-state index in [0.29, 0.717) is 18.8 Å². The summed E-state index contributed by atoms with van der Waals surface area (Å²) in [6.07, 6.45) is -1.19. The Hall–Kier alpha value is -2.82. The lowest BCUT2D eigenvalue weighted by Crippen LogP contribution is -2.54. The summed E-state index contributed by atoms with van der Waals surface area (Å²) in [7, 11) is -2.19. The first-order chi connectivity index (χ1) is 19.4. The first-order valence-corrected chi connectivity index (χ1v) is 16.0. The lowest BCUT2D eigenvalue weighted by molar-refractivity contribution is -0.141. The SMILES string of the molecule is CCOP1(=O)CCN(Cc2ccc(O)c(OC)c2)CC1(CCCCN(C(=O)OC(C)(C)C)C(=O)OC(C)(C)C)C(=O)O. The summed E-state index contributed by atoms with van der Waals surface area (Å²) < 4.78 is 35.8. The smallest absolute Gasteiger partial charge is 0.419 e. The molecule has 13 heteroatoms. The van der Waals surface area contributed by atoms with Gasteiger partial charge in [0.25, 0.3) is 0 Å². The minimum atomic E-state index is -3.64. The molecule has 1 heterocycles. The third-order valence-electron chi connectivity index (χ3n) is 6.68. The Labute approximate surface area is 248 Å². The molecule has 0 spiro atoms. The van der Waals surface area contributed by atoms with E-state index in [1.165, 1.54) is 13.2 Å². The Bertz CT molecular complexity index is 1130. The highest BCUT2D eigenvalue weighted by atomic mass is 31.2. The standard InChI is InChI=1S/C29H47N2O10P/c1-9-39-42(37)17-16-30(19-21-12-13-22(32)23(18-21)38-8)20-29(42,24(33)34)14-10-11-15-31(25(35)40-27(2,3)4)26(36)41-28(5,6)7/h12-13,18,32H,9-11,14-17,19-20H2,1-8H3,(H,33,34). The molecule has 1 saturated heterocycles. The molecule has 238 valence electrons. The number of carbonyl (C=O) groups is 3. The Morgan fingerprint density at radius 3 is 2.14 bits per heavy atom. The number of ether oxygens (including phenoxy) is 3. The molecular weight excluding hydrogens is 567 g/mol. The third kappa shape index (κ3) is 9.34. The fourth-order valence-corrected chi connectivity index (χ4v) is 7.78. The van der Waals surface area contributed by atoms with E-state index in [0.717, 1.165) is 10.5 Å². The van der Waals surface area contributed by atoms with Gasteiger partial charge in [0, 0.05) is 32.3 Å². The quantitative estimate of drug-likeness (QED) is 0.233. The molecule has 1 aromatic carbocycles. The Balaban J connectivity index is 2.25. The molecule has 2 atom stereocenters. The number of hydrogen-bond acceptors (Lipinski definition) is 10. The maximum absolute atomic E-state index is 14.1. The number of nitrogens with zero attached hydrogens (tertiary/aromatic N) is 2. The largest absolute Gasteiger partial charge is 0.504 e. The monoisotopic (exact) mass is 614 g/mol. The first kappa shape index (κ1) is 35.4. The molecule has 0 saturated carbocycles. The van der Waals surface area contributed by atoms with Crippen molar-refractivity contribution in [2.24, 2.45) is 0 Å². The number of methoxy groups -OCH3 is 1. The topological polar surface area (TPSA) is 152 Å². The van der Waals surface area contributed by atoms with Gasteiger partial charge in [-0.3, -0.25) is 14.3 Å². The molecule has 1 fully saturated rings. The molecule has 0 radical (unpaired) electrons. The zero-order valence-corrected chi connectivity index (χ0v) is 27.0. The van der Waals surface area contributed by atoms with Crippen molar-refractivity contribution >= 4 is 25.5 Å². The van der Waals surface area contributed by atoms with Gasteiger partial charge in [-0.15, -0.1) is 0 Å². The van der Waals surface area contributed by atoms with Crippen molar-refractivity contribution in [3.8, 4) is 11.5 Å². The number of carboxylic acids is 1. The summed E-state index contributed by atoms with van der Waals surface area (Å²) in [5.41, 5.74) is -0.897.